The van der Waals surface area contributed by atoms with Gasteiger partial charge >= 0.3 is 0 Å². The van der Waals surface area contributed by atoms with Crippen LogP contribution in [0.15, 0.2) is 30.3 Å². The van der Waals surface area contributed by atoms with Crippen molar-refractivity contribution in [3.05, 3.63) is 35.9 Å². The quantitative estimate of drug-likeness (QED) is 0.882. The van der Waals surface area contributed by atoms with E-state index >= 15 is 0 Å². The highest BCUT2D eigenvalue weighted by Gasteiger charge is 2.23. The number of hydrogen-bond donors (Lipinski definition) is 1. The number of hydrogen-bond acceptors (Lipinski definition) is 3. The van der Waals surface area contributed by atoms with Crippen LogP contribution in [0.3, 0.4) is 0 Å². The van der Waals surface area contributed by atoms with Crippen molar-refractivity contribution in [1.29, 1.82) is 0 Å². The maximum Gasteiger partial charge on any atom is 0.0678 e. The van der Waals surface area contributed by atoms with Crippen molar-refractivity contribution in [3.8, 4) is 0 Å². The second kappa shape index (κ2) is 7.04. The first-order valence-electron chi connectivity index (χ1n) is 7.31. The summed E-state index contributed by atoms with van der Waals surface area (Å²) in [7, 11) is 0. The summed E-state index contributed by atoms with van der Waals surface area (Å²) in [5, 5.41) is 0. The third kappa shape index (κ3) is 4.94. The number of benzene rings is 1. The molecule has 3 heteroatoms. The van der Waals surface area contributed by atoms with Gasteiger partial charge in [0.25, 0.3) is 0 Å². The van der Waals surface area contributed by atoms with E-state index in [-0.39, 0.29) is 6.04 Å². The van der Waals surface area contributed by atoms with Gasteiger partial charge in [0.2, 0.25) is 0 Å². The Balaban J connectivity index is 1.73. The molecule has 1 fully saturated rings. The predicted molar refractivity (Wildman–Crippen MR) is 79.2 cm³/mol. The van der Waals surface area contributed by atoms with Crippen LogP contribution in [0.5, 0.6) is 0 Å². The second-order valence-corrected chi connectivity index (χ2v) is 5.76. The highest BCUT2D eigenvalue weighted by Crippen LogP contribution is 2.12. The number of rotatable bonds is 5. The van der Waals surface area contributed by atoms with E-state index in [9.17, 15) is 0 Å². The van der Waals surface area contributed by atoms with Gasteiger partial charge in [-0.2, -0.15) is 0 Å². The van der Waals surface area contributed by atoms with Crippen molar-refractivity contribution >= 4 is 0 Å². The van der Waals surface area contributed by atoms with Gasteiger partial charge in [-0.15, -0.1) is 0 Å². The van der Waals surface area contributed by atoms with Gasteiger partial charge in [-0.3, -0.25) is 4.90 Å². The average molecular weight is 262 g/mol. The number of morpholine rings is 1. The van der Waals surface area contributed by atoms with Gasteiger partial charge in [0.05, 0.1) is 12.2 Å². The van der Waals surface area contributed by atoms with Crippen LogP contribution in [0.2, 0.25) is 0 Å². The number of ether oxygens (including phenoxy) is 1. The topological polar surface area (TPSA) is 38.5 Å². The zero-order valence-corrected chi connectivity index (χ0v) is 12.1. The monoisotopic (exact) mass is 262 g/mol. The van der Waals surface area contributed by atoms with Gasteiger partial charge in [-0.1, -0.05) is 30.3 Å². The van der Waals surface area contributed by atoms with E-state index in [0.717, 1.165) is 32.5 Å². The minimum absolute atomic E-state index is 0.248. The molecule has 2 rings (SSSR count). The summed E-state index contributed by atoms with van der Waals surface area (Å²) >= 11 is 0. The van der Waals surface area contributed by atoms with E-state index in [2.05, 4.69) is 49.1 Å². The fourth-order valence-electron chi connectivity index (χ4n) is 2.85. The molecule has 0 spiro atoms. The molecular weight excluding hydrogens is 236 g/mol. The summed E-state index contributed by atoms with van der Waals surface area (Å²) in [6.07, 6.45) is 2.76. The van der Waals surface area contributed by atoms with Crippen molar-refractivity contribution in [2.75, 3.05) is 19.6 Å². The molecule has 1 aliphatic rings. The number of aryl methyl sites for hydroxylation is 1. The Morgan fingerprint density at radius 2 is 1.84 bits per heavy atom. The molecule has 1 unspecified atom stereocenters. The molecule has 2 N–H and O–H groups in total. The molecule has 3 nitrogen and oxygen atoms in total. The second-order valence-electron chi connectivity index (χ2n) is 5.76. The molecule has 0 amide bonds. The lowest BCUT2D eigenvalue weighted by Gasteiger charge is -2.36. The lowest BCUT2D eigenvalue weighted by Crippen LogP contribution is -2.49. The zero-order valence-electron chi connectivity index (χ0n) is 12.1. The highest BCUT2D eigenvalue weighted by molar-refractivity contribution is 5.14. The van der Waals surface area contributed by atoms with Gasteiger partial charge in [0.1, 0.15) is 0 Å². The molecule has 0 bridgehead atoms. The Morgan fingerprint density at radius 1 is 1.21 bits per heavy atom. The molecule has 0 radical (unpaired) electrons. The lowest BCUT2D eigenvalue weighted by molar-refractivity contribution is -0.0692. The van der Waals surface area contributed by atoms with Crippen molar-refractivity contribution < 1.29 is 4.74 Å². The third-order valence-corrected chi connectivity index (χ3v) is 3.63. The standard InChI is InChI=1S/C16H26N2O/c1-13-10-18(11-14(2)19-13)12-16(17)9-8-15-6-4-3-5-7-15/h3-7,13-14,16H,8-12,17H2,1-2H3/t13-,14+,16?. The molecule has 1 aromatic carbocycles. The van der Waals surface area contributed by atoms with Crippen LogP contribution in [-0.2, 0) is 11.2 Å². The minimum Gasteiger partial charge on any atom is -0.373 e. The summed E-state index contributed by atoms with van der Waals surface area (Å²) in [4.78, 5) is 2.44. The largest absolute Gasteiger partial charge is 0.373 e. The predicted octanol–water partition coefficient (Wildman–Crippen LogP) is 2.06. The molecule has 0 aromatic heterocycles. The Hall–Kier alpha value is -0.900. The van der Waals surface area contributed by atoms with E-state index in [4.69, 9.17) is 10.5 Å². The molecule has 1 saturated heterocycles. The van der Waals surface area contributed by atoms with Crippen LogP contribution in [0.25, 0.3) is 0 Å². The van der Waals surface area contributed by atoms with Crippen LogP contribution in [0.1, 0.15) is 25.8 Å². The van der Waals surface area contributed by atoms with Crippen LogP contribution in [0, 0.1) is 0 Å². The zero-order chi connectivity index (χ0) is 13.7. The Bertz CT molecular complexity index is 358. The van der Waals surface area contributed by atoms with Gasteiger partial charge in [-0.05, 0) is 32.3 Å². The molecule has 19 heavy (non-hydrogen) atoms. The van der Waals surface area contributed by atoms with Gasteiger partial charge in [0.15, 0.2) is 0 Å². The fraction of sp³-hybridized carbons (Fsp3) is 0.625. The SMILES string of the molecule is C[C@@H]1CN(CC(N)CCc2ccccc2)C[C@H](C)O1. The summed E-state index contributed by atoms with van der Waals surface area (Å²) in [6, 6.07) is 10.8. The van der Waals surface area contributed by atoms with E-state index < -0.39 is 0 Å². The van der Waals surface area contributed by atoms with E-state index in [0.29, 0.717) is 12.2 Å². The van der Waals surface area contributed by atoms with Crippen LogP contribution >= 0.6 is 0 Å². The molecule has 1 aromatic rings. The molecule has 0 aliphatic carbocycles. The molecule has 3 atom stereocenters. The van der Waals surface area contributed by atoms with Crippen molar-refractivity contribution in [3.63, 3.8) is 0 Å². The van der Waals surface area contributed by atoms with Gasteiger partial charge < -0.3 is 10.5 Å². The lowest BCUT2D eigenvalue weighted by atomic mass is 10.0. The summed E-state index contributed by atoms with van der Waals surface area (Å²) in [5.74, 6) is 0. The molecule has 1 heterocycles. The first-order valence-corrected chi connectivity index (χ1v) is 7.31. The minimum atomic E-state index is 0.248. The summed E-state index contributed by atoms with van der Waals surface area (Å²) in [6.45, 7) is 7.26. The van der Waals surface area contributed by atoms with E-state index in [1.165, 1.54) is 5.56 Å². The average Bonchev–Trinajstić information content (AvgIpc) is 2.36. The fourth-order valence-corrected chi connectivity index (χ4v) is 2.85. The van der Waals surface area contributed by atoms with Crippen molar-refractivity contribution in [1.82, 2.24) is 4.90 Å². The van der Waals surface area contributed by atoms with Crippen LogP contribution in [0.4, 0.5) is 0 Å². The van der Waals surface area contributed by atoms with Gasteiger partial charge in [-0.25, -0.2) is 0 Å². The molecule has 1 aliphatic heterocycles. The molecule has 0 saturated carbocycles. The summed E-state index contributed by atoms with van der Waals surface area (Å²) < 4.78 is 5.74. The number of nitrogens with two attached hydrogens (primary N) is 1. The maximum absolute atomic E-state index is 6.26. The Kier molecular flexibility index (Phi) is 5.37. The first-order chi connectivity index (χ1) is 9.13. The highest BCUT2D eigenvalue weighted by atomic mass is 16.5. The molecular formula is C16H26N2O. The smallest absolute Gasteiger partial charge is 0.0678 e. The van der Waals surface area contributed by atoms with Crippen molar-refractivity contribution in [2.24, 2.45) is 5.73 Å². The molecule has 106 valence electrons. The van der Waals surface area contributed by atoms with Crippen molar-refractivity contribution in [2.45, 2.75) is 44.9 Å². The Labute approximate surface area is 116 Å². The van der Waals surface area contributed by atoms with E-state index in [1.807, 2.05) is 0 Å². The Morgan fingerprint density at radius 3 is 2.47 bits per heavy atom. The van der Waals surface area contributed by atoms with E-state index in [1.54, 1.807) is 0 Å². The van der Waals surface area contributed by atoms with Crippen LogP contribution < -0.4 is 5.73 Å². The summed E-state index contributed by atoms with van der Waals surface area (Å²) in [5.41, 5.74) is 7.64. The maximum atomic E-state index is 6.26. The third-order valence-electron chi connectivity index (χ3n) is 3.63. The normalized spacial score (nSPS) is 26.3. The number of nitrogens with zero attached hydrogens (tertiary/aromatic N) is 1. The first kappa shape index (κ1) is 14.5. The van der Waals surface area contributed by atoms with Crippen LogP contribution in [-0.4, -0.2) is 42.8 Å². The van der Waals surface area contributed by atoms with Gasteiger partial charge in [0, 0.05) is 25.7 Å².